The molecule has 0 aliphatic heterocycles. The first-order valence-electron chi connectivity index (χ1n) is 10.1. The summed E-state index contributed by atoms with van der Waals surface area (Å²) in [7, 11) is 0. The lowest BCUT2D eigenvalue weighted by Gasteiger charge is -2.29. The second-order valence-electron chi connectivity index (χ2n) is 7.50. The van der Waals surface area contributed by atoms with E-state index < -0.39 is 12.4 Å². The molecule has 1 saturated carbocycles. The van der Waals surface area contributed by atoms with Crippen molar-refractivity contribution in [2.24, 2.45) is 11.8 Å². The van der Waals surface area contributed by atoms with Crippen LogP contribution < -0.4 is 4.90 Å². The van der Waals surface area contributed by atoms with Gasteiger partial charge in [0, 0.05) is 12.8 Å². The molecule has 1 aromatic heterocycles. The topological polar surface area (TPSA) is 92.1 Å². The largest absolute Gasteiger partial charge is 0.449 e. The van der Waals surface area contributed by atoms with E-state index in [-0.39, 0.29) is 18.3 Å². The first-order chi connectivity index (χ1) is 14.5. The zero-order valence-electron chi connectivity index (χ0n) is 16.7. The summed E-state index contributed by atoms with van der Waals surface area (Å²) in [5.41, 5.74) is 1.04. The molecular weight excluding hydrogens is 391 g/mol. The van der Waals surface area contributed by atoms with Crippen molar-refractivity contribution in [3.05, 3.63) is 54.6 Å². The molecule has 0 radical (unpaired) electrons. The highest BCUT2D eigenvalue weighted by atomic mass is 19.1. The van der Waals surface area contributed by atoms with Gasteiger partial charge in [0.25, 0.3) is 0 Å². The van der Waals surface area contributed by atoms with Crippen LogP contribution in [-0.2, 0) is 9.47 Å². The highest BCUT2D eigenvalue weighted by Crippen LogP contribution is 2.30. The lowest BCUT2D eigenvalue weighted by atomic mass is 9.83. The maximum Gasteiger partial charge on any atom is 0.419 e. The molecule has 0 unspecified atom stereocenters. The number of rotatable bonds is 8. The summed E-state index contributed by atoms with van der Waals surface area (Å²) in [5, 5.41) is 17.6. The molecular formula is C22H27FN2O5. The van der Waals surface area contributed by atoms with Gasteiger partial charge in [-0.05, 0) is 73.9 Å². The van der Waals surface area contributed by atoms with Crippen molar-refractivity contribution in [3.8, 4) is 0 Å². The number of carbonyl (C=O) groups excluding carboxylic acids is 1. The number of hydrogen-bond donors (Lipinski definition) is 2. The molecule has 0 spiro atoms. The summed E-state index contributed by atoms with van der Waals surface area (Å²) in [6.07, 6.45) is 4.89. The van der Waals surface area contributed by atoms with Gasteiger partial charge in [-0.25, -0.2) is 14.1 Å². The van der Waals surface area contributed by atoms with Crippen LogP contribution in [0, 0.1) is 17.7 Å². The molecule has 0 atom stereocenters. The van der Waals surface area contributed by atoms with Crippen LogP contribution in [0.2, 0.25) is 0 Å². The number of benzene rings is 1. The van der Waals surface area contributed by atoms with E-state index in [2.05, 4.69) is 4.98 Å². The number of anilines is 2. The van der Waals surface area contributed by atoms with Gasteiger partial charge in [0.05, 0.1) is 30.8 Å². The van der Waals surface area contributed by atoms with E-state index in [1.807, 2.05) is 0 Å². The van der Waals surface area contributed by atoms with Gasteiger partial charge in [0.15, 0.2) is 6.29 Å². The van der Waals surface area contributed by atoms with Crippen LogP contribution in [0.4, 0.5) is 20.6 Å². The van der Waals surface area contributed by atoms with Crippen molar-refractivity contribution in [3.63, 3.8) is 0 Å². The SMILES string of the molecule is O=C(OCC1CCC(COCC(O)O)CC1)N(c1ccc(F)cc1)c1cccnc1. The molecule has 0 bridgehead atoms. The molecule has 1 aromatic carbocycles. The summed E-state index contributed by atoms with van der Waals surface area (Å²) < 4.78 is 24.2. The molecule has 2 N–H and O–H groups in total. The van der Waals surface area contributed by atoms with E-state index in [1.165, 1.54) is 29.2 Å². The Morgan fingerprint density at radius 1 is 1.07 bits per heavy atom. The van der Waals surface area contributed by atoms with Gasteiger partial charge in [-0.15, -0.1) is 0 Å². The van der Waals surface area contributed by atoms with Crippen LogP contribution in [0.15, 0.2) is 48.8 Å². The lowest BCUT2D eigenvalue weighted by molar-refractivity contribution is -0.101. The summed E-state index contributed by atoms with van der Waals surface area (Å²) >= 11 is 0. The van der Waals surface area contributed by atoms with Crippen molar-refractivity contribution in [1.29, 1.82) is 0 Å². The van der Waals surface area contributed by atoms with Crippen molar-refractivity contribution in [1.82, 2.24) is 4.98 Å². The Morgan fingerprint density at radius 2 is 1.73 bits per heavy atom. The Balaban J connectivity index is 1.54. The Hall–Kier alpha value is -2.55. The smallest absolute Gasteiger partial charge is 0.419 e. The highest BCUT2D eigenvalue weighted by molar-refractivity contribution is 5.95. The number of aliphatic hydroxyl groups is 2. The third-order valence-electron chi connectivity index (χ3n) is 5.20. The zero-order chi connectivity index (χ0) is 21.3. The fourth-order valence-electron chi connectivity index (χ4n) is 3.59. The summed E-state index contributed by atoms with van der Waals surface area (Å²) in [6, 6.07) is 9.11. The van der Waals surface area contributed by atoms with E-state index >= 15 is 0 Å². The van der Waals surface area contributed by atoms with Crippen LogP contribution in [0.3, 0.4) is 0 Å². The molecule has 1 heterocycles. The first-order valence-corrected chi connectivity index (χ1v) is 10.1. The Kier molecular flexibility index (Phi) is 8.12. The number of aromatic nitrogens is 1. The first kappa shape index (κ1) is 22.1. The van der Waals surface area contributed by atoms with Crippen molar-refractivity contribution in [2.75, 3.05) is 24.7 Å². The minimum atomic E-state index is -1.44. The molecule has 162 valence electrons. The standard InChI is InChI=1S/C22H27FN2O5/c23-18-7-9-19(10-8-18)25(20-2-1-11-24-12-20)22(28)30-14-17-5-3-16(4-6-17)13-29-15-21(26)27/h1-2,7-12,16-17,21,26-27H,3-6,13-15H2. The summed E-state index contributed by atoms with van der Waals surface area (Å²) in [5.74, 6) is 0.256. The second kappa shape index (κ2) is 11.0. The van der Waals surface area contributed by atoms with Gasteiger partial charge < -0.3 is 19.7 Å². The molecule has 8 heteroatoms. The third-order valence-corrected chi connectivity index (χ3v) is 5.20. The number of ether oxygens (including phenoxy) is 2. The minimum Gasteiger partial charge on any atom is -0.449 e. The molecule has 30 heavy (non-hydrogen) atoms. The van der Waals surface area contributed by atoms with Gasteiger partial charge in [0.1, 0.15) is 5.82 Å². The number of pyridine rings is 1. The third kappa shape index (κ3) is 6.48. The second-order valence-corrected chi connectivity index (χ2v) is 7.50. The van der Waals surface area contributed by atoms with Crippen molar-refractivity contribution < 1.29 is 28.9 Å². The highest BCUT2D eigenvalue weighted by Gasteiger charge is 2.25. The number of nitrogens with zero attached hydrogens (tertiary/aromatic N) is 2. The van der Waals surface area contributed by atoms with Crippen LogP contribution in [-0.4, -0.2) is 47.4 Å². The molecule has 1 aliphatic carbocycles. The average molecular weight is 418 g/mol. The Bertz CT molecular complexity index is 780. The minimum absolute atomic E-state index is 0.0783. The van der Waals surface area contributed by atoms with Gasteiger partial charge >= 0.3 is 6.09 Å². The molecule has 0 saturated heterocycles. The predicted molar refractivity (Wildman–Crippen MR) is 109 cm³/mol. The Labute approximate surface area is 175 Å². The fourth-order valence-corrected chi connectivity index (χ4v) is 3.59. The summed E-state index contributed by atoms with van der Waals surface area (Å²) in [4.78, 5) is 18.3. The van der Waals surface area contributed by atoms with E-state index in [0.717, 1.165) is 25.7 Å². The molecule has 3 rings (SSSR count). The molecule has 1 aliphatic rings. The number of carbonyl (C=O) groups is 1. The number of amides is 1. The van der Waals surface area contributed by atoms with E-state index in [4.69, 9.17) is 19.7 Å². The average Bonchev–Trinajstić information content (AvgIpc) is 2.75. The molecule has 1 amide bonds. The number of aliphatic hydroxyl groups excluding tert-OH is 1. The molecule has 7 nitrogen and oxygen atoms in total. The van der Waals surface area contributed by atoms with Crippen LogP contribution in [0.25, 0.3) is 0 Å². The van der Waals surface area contributed by atoms with E-state index in [1.54, 1.807) is 24.5 Å². The van der Waals surface area contributed by atoms with Crippen LogP contribution in [0.1, 0.15) is 25.7 Å². The van der Waals surface area contributed by atoms with Crippen LogP contribution >= 0.6 is 0 Å². The summed E-state index contributed by atoms with van der Waals surface area (Å²) in [6.45, 7) is 0.730. The van der Waals surface area contributed by atoms with Crippen molar-refractivity contribution >= 4 is 17.5 Å². The zero-order valence-corrected chi connectivity index (χ0v) is 16.7. The maximum atomic E-state index is 13.3. The Morgan fingerprint density at radius 3 is 2.33 bits per heavy atom. The fraction of sp³-hybridized carbons (Fsp3) is 0.455. The normalized spacial score (nSPS) is 18.9. The number of halogens is 1. The van der Waals surface area contributed by atoms with Crippen LogP contribution in [0.5, 0.6) is 0 Å². The van der Waals surface area contributed by atoms with Gasteiger partial charge in [-0.3, -0.25) is 4.98 Å². The lowest BCUT2D eigenvalue weighted by Crippen LogP contribution is -2.30. The van der Waals surface area contributed by atoms with E-state index in [9.17, 15) is 9.18 Å². The monoisotopic (exact) mass is 418 g/mol. The van der Waals surface area contributed by atoms with E-state index in [0.29, 0.717) is 30.5 Å². The van der Waals surface area contributed by atoms with Gasteiger partial charge in [-0.2, -0.15) is 0 Å². The predicted octanol–water partition coefficient (Wildman–Crippen LogP) is 3.63. The van der Waals surface area contributed by atoms with Gasteiger partial charge in [-0.1, -0.05) is 0 Å². The number of hydrogen-bond acceptors (Lipinski definition) is 6. The van der Waals surface area contributed by atoms with Gasteiger partial charge in [0.2, 0.25) is 0 Å². The van der Waals surface area contributed by atoms with Crippen molar-refractivity contribution in [2.45, 2.75) is 32.0 Å². The maximum absolute atomic E-state index is 13.3. The quantitative estimate of drug-likeness (QED) is 0.636. The molecule has 2 aromatic rings. The molecule has 1 fully saturated rings.